The Kier molecular flexibility index (Phi) is 3.28. The molecule has 0 aliphatic heterocycles. The molecule has 2 aromatic heterocycles. The molecule has 2 rings (SSSR count). The van der Waals surface area contributed by atoms with Gasteiger partial charge >= 0.3 is 0 Å². The summed E-state index contributed by atoms with van der Waals surface area (Å²) in [7, 11) is 0. The lowest BCUT2D eigenvalue weighted by Crippen LogP contribution is -2.17. The lowest BCUT2D eigenvalue weighted by atomic mass is 10.2. The van der Waals surface area contributed by atoms with Gasteiger partial charge < -0.3 is 11.1 Å². The zero-order chi connectivity index (χ0) is 12.4. The van der Waals surface area contributed by atoms with Gasteiger partial charge in [-0.3, -0.25) is 0 Å². The van der Waals surface area contributed by atoms with E-state index in [4.69, 9.17) is 5.73 Å². The largest absolute Gasteiger partial charge is 0.368 e. The van der Waals surface area contributed by atoms with Crippen LogP contribution in [0.3, 0.4) is 0 Å². The van der Waals surface area contributed by atoms with Gasteiger partial charge in [-0.05, 0) is 20.3 Å². The van der Waals surface area contributed by atoms with Crippen molar-refractivity contribution in [1.29, 1.82) is 0 Å². The molecule has 2 heterocycles. The highest BCUT2D eigenvalue weighted by molar-refractivity contribution is 5.55. The molecule has 5 heteroatoms. The first-order valence-electron chi connectivity index (χ1n) is 5.97. The molecule has 0 aliphatic rings. The molecule has 0 radical (unpaired) electrons. The van der Waals surface area contributed by atoms with Crippen LogP contribution in [0.5, 0.6) is 0 Å². The van der Waals surface area contributed by atoms with Crippen LogP contribution in [0, 0.1) is 13.8 Å². The Morgan fingerprint density at radius 3 is 2.82 bits per heavy atom. The van der Waals surface area contributed by atoms with Crippen molar-refractivity contribution in [3.8, 4) is 0 Å². The average molecular weight is 233 g/mol. The fourth-order valence-electron chi connectivity index (χ4n) is 1.82. The molecule has 3 N–H and O–H groups in total. The summed E-state index contributed by atoms with van der Waals surface area (Å²) in [5.41, 5.74) is 9.63. The van der Waals surface area contributed by atoms with Gasteiger partial charge in [-0.1, -0.05) is 6.92 Å². The first-order chi connectivity index (χ1) is 8.17. The predicted octanol–water partition coefficient (Wildman–Crippen LogP) is 1.28. The Morgan fingerprint density at radius 1 is 1.41 bits per heavy atom. The molecular weight excluding hydrogens is 214 g/mol. The molecule has 2 aromatic rings. The Balaban J connectivity index is 2.58. The van der Waals surface area contributed by atoms with Gasteiger partial charge in [-0.2, -0.15) is 9.61 Å². The lowest BCUT2D eigenvalue weighted by molar-refractivity contribution is 0.864. The van der Waals surface area contributed by atoms with E-state index in [1.807, 2.05) is 24.4 Å². The summed E-state index contributed by atoms with van der Waals surface area (Å²) in [4.78, 5) is 4.54. The van der Waals surface area contributed by atoms with Crippen LogP contribution in [-0.2, 0) is 6.42 Å². The smallest absolute Gasteiger partial charge is 0.157 e. The number of hydrogen-bond acceptors (Lipinski definition) is 4. The highest BCUT2D eigenvalue weighted by Crippen LogP contribution is 2.19. The van der Waals surface area contributed by atoms with Crippen LogP contribution >= 0.6 is 0 Å². The monoisotopic (exact) mass is 233 g/mol. The Bertz CT molecular complexity index is 529. The maximum absolute atomic E-state index is 5.53. The third kappa shape index (κ3) is 2.10. The van der Waals surface area contributed by atoms with Gasteiger partial charge in [0.1, 0.15) is 5.82 Å². The van der Waals surface area contributed by atoms with E-state index in [0.717, 1.165) is 41.4 Å². The summed E-state index contributed by atoms with van der Waals surface area (Å²) in [5, 5.41) is 7.86. The van der Waals surface area contributed by atoms with Crippen molar-refractivity contribution in [3.63, 3.8) is 0 Å². The van der Waals surface area contributed by atoms with Crippen LogP contribution in [-0.4, -0.2) is 27.7 Å². The van der Waals surface area contributed by atoms with E-state index >= 15 is 0 Å². The zero-order valence-electron chi connectivity index (χ0n) is 10.6. The third-order valence-electron chi connectivity index (χ3n) is 2.93. The fourth-order valence-corrected chi connectivity index (χ4v) is 1.82. The SMILES string of the molecule is CCc1cc2nc(C)c(C)c(NCCN)n2n1. The van der Waals surface area contributed by atoms with Crippen molar-refractivity contribution in [2.24, 2.45) is 5.73 Å². The lowest BCUT2D eigenvalue weighted by Gasteiger charge is -2.12. The number of rotatable bonds is 4. The van der Waals surface area contributed by atoms with Gasteiger partial charge in [-0.15, -0.1) is 0 Å². The minimum atomic E-state index is 0.601. The van der Waals surface area contributed by atoms with Crippen molar-refractivity contribution < 1.29 is 0 Å². The summed E-state index contributed by atoms with van der Waals surface area (Å²) in [6.45, 7) is 7.49. The number of nitrogens with two attached hydrogens (primary N) is 1. The van der Waals surface area contributed by atoms with Crippen LogP contribution < -0.4 is 11.1 Å². The maximum Gasteiger partial charge on any atom is 0.157 e. The van der Waals surface area contributed by atoms with Gasteiger partial charge in [0.25, 0.3) is 0 Å². The van der Waals surface area contributed by atoms with Gasteiger partial charge in [0.05, 0.1) is 5.69 Å². The second-order valence-electron chi connectivity index (χ2n) is 4.15. The molecule has 0 atom stereocenters. The molecule has 0 fully saturated rings. The summed E-state index contributed by atoms with van der Waals surface area (Å²) in [5.74, 6) is 0.998. The molecule has 0 spiro atoms. The number of anilines is 1. The normalized spacial score (nSPS) is 11.1. The van der Waals surface area contributed by atoms with E-state index in [0.29, 0.717) is 6.54 Å². The predicted molar refractivity (Wildman–Crippen MR) is 69.4 cm³/mol. The number of hydrogen-bond donors (Lipinski definition) is 2. The standard InChI is InChI=1S/C12H19N5/c1-4-10-7-11-15-9(3)8(2)12(14-6-5-13)17(11)16-10/h7,14H,4-6,13H2,1-3H3. The number of aryl methyl sites for hydroxylation is 2. The average Bonchev–Trinajstić information content (AvgIpc) is 2.72. The molecule has 92 valence electrons. The van der Waals surface area contributed by atoms with E-state index in [-0.39, 0.29) is 0 Å². The van der Waals surface area contributed by atoms with Crippen molar-refractivity contribution >= 4 is 11.5 Å². The molecule has 0 bridgehead atoms. The van der Waals surface area contributed by atoms with Gasteiger partial charge in [-0.25, -0.2) is 4.98 Å². The first kappa shape index (κ1) is 11.9. The van der Waals surface area contributed by atoms with E-state index < -0.39 is 0 Å². The van der Waals surface area contributed by atoms with Gasteiger partial charge in [0, 0.05) is 30.4 Å². The van der Waals surface area contributed by atoms with Crippen molar-refractivity contribution in [2.75, 3.05) is 18.4 Å². The molecule has 17 heavy (non-hydrogen) atoms. The highest BCUT2D eigenvalue weighted by Gasteiger charge is 2.11. The number of nitrogens with one attached hydrogen (secondary N) is 1. The molecule has 0 unspecified atom stereocenters. The summed E-state index contributed by atoms with van der Waals surface area (Å²) >= 11 is 0. The highest BCUT2D eigenvalue weighted by atomic mass is 15.3. The second-order valence-corrected chi connectivity index (χ2v) is 4.15. The van der Waals surface area contributed by atoms with E-state index in [1.165, 1.54) is 0 Å². The molecule has 0 amide bonds. The summed E-state index contributed by atoms with van der Waals surface area (Å²) < 4.78 is 1.87. The third-order valence-corrected chi connectivity index (χ3v) is 2.93. The zero-order valence-corrected chi connectivity index (χ0v) is 10.6. The summed E-state index contributed by atoms with van der Waals surface area (Å²) in [6.07, 6.45) is 0.914. The topological polar surface area (TPSA) is 68.2 Å². The Labute approximate surface area is 101 Å². The van der Waals surface area contributed by atoms with Crippen LogP contribution in [0.25, 0.3) is 5.65 Å². The Morgan fingerprint density at radius 2 is 2.18 bits per heavy atom. The van der Waals surface area contributed by atoms with Crippen LogP contribution in [0.15, 0.2) is 6.07 Å². The molecule has 0 aliphatic carbocycles. The molecule has 0 saturated carbocycles. The minimum absolute atomic E-state index is 0.601. The minimum Gasteiger partial charge on any atom is -0.368 e. The van der Waals surface area contributed by atoms with Gasteiger partial charge in [0.2, 0.25) is 0 Å². The number of nitrogens with zero attached hydrogens (tertiary/aromatic N) is 3. The van der Waals surface area contributed by atoms with Gasteiger partial charge in [0.15, 0.2) is 5.65 Å². The van der Waals surface area contributed by atoms with Crippen LogP contribution in [0.4, 0.5) is 5.82 Å². The molecule has 5 nitrogen and oxygen atoms in total. The van der Waals surface area contributed by atoms with Crippen LogP contribution in [0.1, 0.15) is 23.9 Å². The fraction of sp³-hybridized carbons (Fsp3) is 0.500. The number of aromatic nitrogens is 3. The molecule has 0 saturated heterocycles. The summed E-state index contributed by atoms with van der Waals surface area (Å²) in [6, 6.07) is 2.03. The second kappa shape index (κ2) is 4.71. The first-order valence-corrected chi connectivity index (χ1v) is 5.97. The van der Waals surface area contributed by atoms with E-state index in [1.54, 1.807) is 0 Å². The molecule has 0 aromatic carbocycles. The van der Waals surface area contributed by atoms with E-state index in [9.17, 15) is 0 Å². The van der Waals surface area contributed by atoms with Crippen molar-refractivity contribution in [3.05, 3.63) is 23.0 Å². The quantitative estimate of drug-likeness (QED) is 0.834. The Hall–Kier alpha value is -1.62. The van der Waals surface area contributed by atoms with E-state index in [2.05, 4.69) is 22.3 Å². The maximum atomic E-state index is 5.53. The van der Waals surface area contributed by atoms with Crippen molar-refractivity contribution in [2.45, 2.75) is 27.2 Å². The van der Waals surface area contributed by atoms with Crippen molar-refractivity contribution in [1.82, 2.24) is 14.6 Å². The molecular formula is C12H19N5. The van der Waals surface area contributed by atoms with Crippen LogP contribution in [0.2, 0.25) is 0 Å². The number of fused-ring (bicyclic) bond motifs is 1.